The number of esters is 1. The zero-order valence-electron chi connectivity index (χ0n) is 21.2. The molecule has 0 amide bonds. The van der Waals surface area contributed by atoms with Crippen LogP contribution in [0.1, 0.15) is 66.2 Å². The van der Waals surface area contributed by atoms with Crippen molar-refractivity contribution in [1.29, 1.82) is 0 Å². The van der Waals surface area contributed by atoms with Gasteiger partial charge in [-0.2, -0.15) is 0 Å². The lowest BCUT2D eigenvalue weighted by atomic mass is 9.43. The summed E-state index contributed by atoms with van der Waals surface area (Å²) in [6.45, 7) is 8.25. The van der Waals surface area contributed by atoms with Crippen molar-refractivity contribution in [3.63, 3.8) is 0 Å². The molecule has 4 rings (SSSR count). The van der Waals surface area contributed by atoms with Crippen LogP contribution in [0.3, 0.4) is 0 Å². The van der Waals surface area contributed by atoms with E-state index in [1.807, 2.05) is 0 Å². The summed E-state index contributed by atoms with van der Waals surface area (Å²) in [5, 5.41) is 52.5. The summed E-state index contributed by atoms with van der Waals surface area (Å²) in [7, 11) is 0. The Morgan fingerprint density at radius 2 is 1.80 bits per heavy atom. The number of hydrogen-bond acceptors (Lipinski definition) is 9. The number of carbonyl (C=O) groups is 1. The van der Waals surface area contributed by atoms with Crippen molar-refractivity contribution in [1.82, 2.24) is 0 Å². The molecule has 5 N–H and O–H groups in total. The minimum atomic E-state index is -1.49. The SMILES string of the molecule is C[C@H]1CC[C@@H]2C(C)(C)[C@H](O[C@@H]3O[C@H](CO)[C@@H](O)[C@H](O)[C@H]3O)CC[C@]2(C)[C@]1(O)CCC1=CCOC1=O. The number of hydrogen-bond donors (Lipinski definition) is 5. The van der Waals surface area contributed by atoms with Crippen molar-refractivity contribution in [3.8, 4) is 0 Å². The number of ether oxygens (including phenoxy) is 3. The molecule has 0 aromatic heterocycles. The maximum atomic E-state index is 12.2. The van der Waals surface area contributed by atoms with E-state index >= 15 is 0 Å². The standard InChI is InChI=1S/C26H42O9/c1-14-5-6-17-24(2,3)18(35-23-21(30)20(29)19(28)16(13-27)34-23)8-10-25(17,4)26(14,32)11-7-15-9-12-33-22(15)31/h9,14,16-21,23,27-30,32H,5-8,10-13H2,1-4H3/t14-,16+,17+,18+,19+,20-,21+,23-,25-,26-/m0/s1. The fourth-order valence-electron chi connectivity index (χ4n) is 7.49. The first kappa shape index (κ1) is 27.0. The summed E-state index contributed by atoms with van der Waals surface area (Å²) in [5.41, 5.74) is -1.14. The van der Waals surface area contributed by atoms with Gasteiger partial charge in [-0.25, -0.2) is 4.79 Å². The van der Waals surface area contributed by atoms with Crippen LogP contribution >= 0.6 is 0 Å². The number of aliphatic hydroxyl groups is 5. The smallest absolute Gasteiger partial charge is 0.334 e. The second-order valence-corrected chi connectivity index (χ2v) is 11.9. The van der Waals surface area contributed by atoms with Crippen LogP contribution in [-0.4, -0.2) is 87.1 Å². The van der Waals surface area contributed by atoms with Gasteiger partial charge < -0.3 is 39.7 Å². The molecule has 9 nitrogen and oxygen atoms in total. The van der Waals surface area contributed by atoms with Gasteiger partial charge in [-0.3, -0.25) is 0 Å². The Hall–Kier alpha value is -1.07. The van der Waals surface area contributed by atoms with Crippen molar-refractivity contribution in [3.05, 3.63) is 11.6 Å². The maximum Gasteiger partial charge on any atom is 0.334 e. The highest BCUT2D eigenvalue weighted by molar-refractivity contribution is 5.90. The molecular weight excluding hydrogens is 456 g/mol. The monoisotopic (exact) mass is 498 g/mol. The highest BCUT2D eigenvalue weighted by Crippen LogP contribution is 2.64. The fraction of sp³-hybridized carbons (Fsp3) is 0.885. The van der Waals surface area contributed by atoms with Crippen molar-refractivity contribution < 1.29 is 44.5 Å². The van der Waals surface area contributed by atoms with Gasteiger partial charge in [0.15, 0.2) is 6.29 Å². The fourth-order valence-corrected chi connectivity index (χ4v) is 7.49. The van der Waals surface area contributed by atoms with Crippen LogP contribution in [0.15, 0.2) is 11.6 Å². The molecule has 0 aromatic rings. The van der Waals surface area contributed by atoms with E-state index in [0.717, 1.165) is 12.8 Å². The van der Waals surface area contributed by atoms with Gasteiger partial charge in [-0.05, 0) is 61.9 Å². The topological polar surface area (TPSA) is 146 Å². The molecule has 35 heavy (non-hydrogen) atoms. The number of fused-ring (bicyclic) bond motifs is 1. The van der Waals surface area contributed by atoms with E-state index in [-0.39, 0.29) is 23.9 Å². The second-order valence-electron chi connectivity index (χ2n) is 11.9. The zero-order chi connectivity index (χ0) is 25.8. The lowest BCUT2D eigenvalue weighted by Crippen LogP contribution is -2.66. The molecule has 3 fully saturated rings. The van der Waals surface area contributed by atoms with Crippen molar-refractivity contribution in [2.24, 2.45) is 22.7 Å². The van der Waals surface area contributed by atoms with Gasteiger partial charge in [0.2, 0.25) is 0 Å². The lowest BCUT2D eigenvalue weighted by Gasteiger charge is -2.64. The molecule has 0 aromatic carbocycles. The molecule has 10 atom stereocenters. The number of rotatable bonds is 6. The van der Waals surface area contributed by atoms with Crippen LogP contribution in [0.5, 0.6) is 0 Å². The minimum Gasteiger partial charge on any atom is -0.458 e. The first-order chi connectivity index (χ1) is 16.4. The number of aliphatic hydroxyl groups excluding tert-OH is 4. The van der Waals surface area contributed by atoms with Crippen molar-refractivity contribution in [2.75, 3.05) is 13.2 Å². The largest absolute Gasteiger partial charge is 0.458 e. The van der Waals surface area contributed by atoms with Crippen LogP contribution in [0, 0.1) is 22.7 Å². The summed E-state index contributed by atoms with van der Waals surface area (Å²) in [5.74, 6) is -0.124. The molecule has 0 spiro atoms. The Balaban J connectivity index is 1.53. The molecule has 0 radical (unpaired) electrons. The van der Waals surface area contributed by atoms with Gasteiger partial charge in [-0.15, -0.1) is 0 Å². The molecule has 2 saturated carbocycles. The molecular formula is C26H42O9. The Labute approximate surface area is 207 Å². The third-order valence-electron chi connectivity index (χ3n) is 9.84. The van der Waals surface area contributed by atoms with E-state index in [9.17, 15) is 30.3 Å². The van der Waals surface area contributed by atoms with Gasteiger partial charge >= 0.3 is 5.97 Å². The van der Waals surface area contributed by atoms with Crippen molar-refractivity contribution >= 4 is 5.97 Å². The van der Waals surface area contributed by atoms with Crippen LogP contribution in [0.2, 0.25) is 0 Å². The molecule has 2 aliphatic carbocycles. The summed E-state index contributed by atoms with van der Waals surface area (Å²) < 4.78 is 16.9. The third kappa shape index (κ3) is 4.37. The molecule has 0 bridgehead atoms. The van der Waals surface area contributed by atoms with Gasteiger partial charge in [0, 0.05) is 11.0 Å². The average Bonchev–Trinajstić information content (AvgIpc) is 3.22. The first-order valence-electron chi connectivity index (χ1n) is 12.9. The Kier molecular flexibility index (Phi) is 7.45. The molecule has 2 heterocycles. The van der Waals surface area contributed by atoms with Crippen LogP contribution in [0.4, 0.5) is 0 Å². The van der Waals surface area contributed by atoms with Crippen LogP contribution in [-0.2, 0) is 19.0 Å². The average molecular weight is 499 g/mol. The minimum absolute atomic E-state index is 0.0699. The summed E-state index contributed by atoms with van der Waals surface area (Å²) >= 11 is 0. The Morgan fingerprint density at radius 3 is 2.43 bits per heavy atom. The molecule has 0 unspecified atom stereocenters. The lowest BCUT2D eigenvalue weighted by molar-refractivity contribution is -0.332. The number of cyclic esters (lactones) is 1. The highest BCUT2D eigenvalue weighted by Gasteiger charge is 2.64. The Morgan fingerprint density at radius 1 is 1.09 bits per heavy atom. The van der Waals surface area contributed by atoms with Gasteiger partial charge in [0.25, 0.3) is 0 Å². The van der Waals surface area contributed by atoms with Crippen molar-refractivity contribution in [2.45, 2.75) is 109 Å². The van der Waals surface area contributed by atoms with Crippen LogP contribution in [0.25, 0.3) is 0 Å². The van der Waals surface area contributed by atoms with E-state index in [2.05, 4.69) is 27.7 Å². The highest BCUT2D eigenvalue weighted by atomic mass is 16.7. The summed E-state index contributed by atoms with van der Waals surface area (Å²) in [4.78, 5) is 12.0. The predicted molar refractivity (Wildman–Crippen MR) is 125 cm³/mol. The third-order valence-corrected chi connectivity index (χ3v) is 9.84. The van der Waals surface area contributed by atoms with Crippen LogP contribution < -0.4 is 0 Å². The molecule has 200 valence electrons. The van der Waals surface area contributed by atoms with E-state index in [0.29, 0.717) is 37.9 Å². The number of carbonyl (C=O) groups excluding carboxylic acids is 1. The zero-order valence-corrected chi connectivity index (χ0v) is 21.2. The van der Waals surface area contributed by atoms with Gasteiger partial charge in [-0.1, -0.05) is 27.7 Å². The van der Waals surface area contributed by atoms with Gasteiger partial charge in [0.1, 0.15) is 31.0 Å². The first-order valence-corrected chi connectivity index (χ1v) is 12.9. The summed E-state index contributed by atoms with van der Waals surface area (Å²) in [6.07, 6.45) is -1.08. The van der Waals surface area contributed by atoms with E-state index in [4.69, 9.17) is 14.2 Å². The second kappa shape index (κ2) is 9.67. The van der Waals surface area contributed by atoms with E-state index < -0.39 is 53.7 Å². The molecule has 4 aliphatic rings. The van der Waals surface area contributed by atoms with Gasteiger partial charge in [0.05, 0.1) is 18.3 Å². The Bertz CT molecular complexity index is 826. The molecule has 2 aliphatic heterocycles. The molecule has 9 heteroatoms. The van der Waals surface area contributed by atoms with E-state index in [1.54, 1.807) is 6.08 Å². The summed E-state index contributed by atoms with van der Waals surface area (Å²) in [6, 6.07) is 0. The molecule has 1 saturated heterocycles. The predicted octanol–water partition coefficient (Wildman–Crippen LogP) is 1.04. The maximum absolute atomic E-state index is 12.2. The normalized spacial score (nSPS) is 47.7. The van der Waals surface area contributed by atoms with E-state index in [1.165, 1.54) is 0 Å². The quantitative estimate of drug-likeness (QED) is 0.268.